The lowest BCUT2D eigenvalue weighted by atomic mass is 10.3. The minimum Gasteiger partial charge on any atom is -0.492 e. The maximum atomic E-state index is 12.5. The van der Waals surface area contributed by atoms with Gasteiger partial charge in [0.2, 0.25) is 5.91 Å². The molecule has 0 bridgehead atoms. The zero-order chi connectivity index (χ0) is 20.6. The number of aromatic nitrogens is 2. The van der Waals surface area contributed by atoms with Crippen LogP contribution < -0.4 is 10.1 Å². The van der Waals surface area contributed by atoms with Gasteiger partial charge in [0.05, 0.1) is 18.4 Å². The van der Waals surface area contributed by atoms with E-state index in [0.717, 1.165) is 11.4 Å². The van der Waals surface area contributed by atoms with Crippen LogP contribution in [0.5, 0.6) is 5.75 Å². The number of ether oxygens (including phenoxy) is 1. The molecule has 0 atom stereocenters. The molecule has 7 nitrogen and oxygen atoms in total. The van der Waals surface area contributed by atoms with E-state index in [1.165, 1.54) is 6.20 Å². The zero-order valence-electron chi connectivity index (χ0n) is 15.9. The van der Waals surface area contributed by atoms with Gasteiger partial charge in [0, 0.05) is 11.6 Å². The van der Waals surface area contributed by atoms with Gasteiger partial charge in [-0.3, -0.25) is 9.69 Å². The van der Waals surface area contributed by atoms with Crippen LogP contribution in [-0.2, 0) is 4.79 Å². The molecule has 3 rings (SSSR count). The number of likely N-dealkylation sites (N-methyl/N-ethyl adjacent to an activating group) is 1. The van der Waals surface area contributed by atoms with Crippen LogP contribution in [-0.4, -0.2) is 47.3 Å². The number of benzene rings is 2. The fourth-order valence-electron chi connectivity index (χ4n) is 2.66. The van der Waals surface area contributed by atoms with E-state index in [2.05, 4.69) is 16.5 Å². The van der Waals surface area contributed by atoms with E-state index in [4.69, 9.17) is 16.3 Å². The van der Waals surface area contributed by atoms with Crippen LogP contribution in [0.3, 0.4) is 0 Å². The predicted octanol–water partition coefficient (Wildman–Crippen LogP) is 3.35. The molecule has 0 unspecified atom stereocenters. The van der Waals surface area contributed by atoms with Gasteiger partial charge in [0.15, 0.2) is 5.82 Å². The van der Waals surface area contributed by atoms with Gasteiger partial charge in [0.1, 0.15) is 24.0 Å². The molecule has 1 heterocycles. The molecule has 0 saturated heterocycles. The summed E-state index contributed by atoms with van der Waals surface area (Å²) in [6.07, 6.45) is 1.44. The number of amides is 1. The highest BCUT2D eigenvalue weighted by molar-refractivity contribution is 6.30. The Morgan fingerprint density at radius 1 is 1.24 bits per heavy atom. The van der Waals surface area contributed by atoms with Crippen molar-refractivity contribution < 1.29 is 9.53 Å². The number of nitrogens with zero attached hydrogens (tertiary/aromatic N) is 4. The molecule has 8 heteroatoms. The van der Waals surface area contributed by atoms with E-state index < -0.39 is 0 Å². The number of hydrogen-bond donors (Lipinski definition) is 1. The summed E-state index contributed by atoms with van der Waals surface area (Å²) < 4.78 is 7.19. The van der Waals surface area contributed by atoms with Gasteiger partial charge in [-0.1, -0.05) is 29.8 Å². The Kier molecular flexibility index (Phi) is 6.85. The van der Waals surface area contributed by atoms with Gasteiger partial charge >= 0.3 is 0 Å². The molecule has 0 radical (unpaired) electrons. The Balaban J connectivity index is 1.56. The first kappa shape index (κ1) is 20.4. The van der Waals surface area contributed by atoms with Gasteiger partial charge in [0.25, 0.3) is 0 Å². The SMILES string of the molecule is CN(CCOc1ccc(Cl)cc1)CC(=O)Nc1c(C#N)cnn1-c1ccccc1. The maximum Gasteiger partial charge on any atom is 0.239 e. The first-order chi connectivity index (χ1) is 14.1. The molecule has 0 aliphatic rings. The fourth-order valence-corrected chi connectivity index (χ4v) is 2.79. The first-order valence-electron chi connectivity index (χ1n) is 8.97. The van der Waals surface area contributed by atoms with Crippen molar-refractivity contribution in [1.29, 1.82) is 5.26 Å². The van der Waals surface area contributed by atoms with Gasteiger partial charge in [-0.2, -0.15) is 10.4 Å². The van der Waals surface area contributed by atoms with Crippen LogP contribution in [0.4, 0.5) is 5.82 Å². The highest BCUT2D eigenvalue weighted by Crippen LogP contribution is 2.19. The smallest absolute Gasteiger partial charge is 0.239 e. The molecule has 0 fully saturated rings. The molecule has 0 saturated carbocycles. The summed E-state index contributed by atoms with van der Waals surface area (Å²) in [4.78, 5) is 14.3. The lowest BCUT2D eigenvalue weighted by Gasteiger charge is -2.17. The Morgan fingerprint density at radius 2 is 1.97 bits per heavy atom. The highest BCUT2D eigenvalue weighted by atomic mass is 35.5. The van der Waals surface area contributed by atoms with Gasteiger partial charge in [-0.05, 0) is 43.4 Å². The summed E-state index contributed by atoms with van der Waals surface area (Å²) in [7, 11) is 1.82. The van der Waals surface area contributed by atoms with Crippen LogP contribution in [0.1, 0.15) is 5.56 Å². The summed E-state index contributed by atoms with van der Waals surface area (Å²) in [5.41, 5.74) is 1.06. The largest absolute Gasteiger partial charge is 0.492 e. The van der Waals surface area contributed by atoms with Crippen molar-refractivity contribution in [3.8, 4) is 17.5 Å². The molecule has 1 amide bonds. The number of nitrogens with one attached hydrogen (secondary N) is 1. The highest BCUT2D eigenvalue weighted by Gasteiger charge is 2.16. The van der Waals surface area contributed by atoms with Crippen molar-refractivity contribution in [3.63, 3.8) is 0 Å². The molecule has 0 aliphatic heterocycles. The number of para-hydroxylation sites is 1. The third-order valence-corrected chi connectivity index (χ3v) is 4.37. The maximum absolute atomic E-state index is 12.5. The summed E-state index contributed by atoms with van der Waals surface area (Å²) in [6, 6.07) is 18.5. The fraction of sp³-hybridized carbons (Fsp3) is 0.190. The van der Waals surface area contributed by atoms with Gasteiger partial charge in [-0.25, -0.2) is 4.68 Å². The third-order valence-electron chi connectivity index (χ3n) is 4.12. The van der Waals surface area contributed by atoms with E-state index in [1.807, 2.05) is 42.3 Å². The van der Waals surface area contributed by atoms with Crippen molar-refractivity contribution in [2.45, 2.75) is 0 Å². The predicted molar refractivity (Wildman–Crippen MR) is 111 cm³/mol. The van der Waals surface area contributed by atoms with Gasteiger partial charge < -0.3 is 10.1 Å². The van der Waals surface area contributed by atoms with Crippen LogP contribution in [0, 0.1) is 11.3 Å². The second-order valence-corrected chi connectivity index (χ2v) is 6.79. The van der Waals surface area contributed by atoms with E-state index in [0.29, 0.717) is 29.6 Å². The minimum absolute atomic E-state index is 0.148. The number of hydrogen-bond acceptors (Lipinski definition) is 5. The van der Waals surface area contributed by atoms with E-state index in [9.17, 15) is 10.1 Å². The first-order valence-corrected chi connectivity index (χ1v) is 9.35. The summed E-state index contributed by atoms with van der Waals surface area (Å²) in [5, 5.41) is 17.0. The van der Waals surface area contributed by atoms with Crippen molar-refractivity contribution >= 4 is 23.3 Å². The lowest BCUT2D eigenvalue weighted by Crippen LogP contribution is -2.33. The second kappa shape index (κ2) is 9.73. The third kappa shape index (κ3) is 5.57. The monoisotopic (exact) mass is 409 g/mol. The molecular weight excluding hydrogens is 390 g/mol. The topological polar surface area (TPSA) is 83.2 Å². The van der Waals surface area contributed by atoms with E-state index in [1.54, 1.807) is 28.9 Å². The molecule has 0 spiro atoms. The standard InChI is InChI=1S/C21H20ClN5O2/c1-26(11-12-29-19-9-7-17(22)8-10-19)15-20(28)25-21-16(13-23)14-24-27(21)18-5-3-2-4-6-18/h2-10,14H,11-12,15H2,1H3,(H,25,28). The quantitative estimate of drug-likeness (QED) is 0.616. The number of rotatable bonds is 8. The number of halogens is 1. The van der Waals surface area contributed by atoms with Gasteiger partial charge in [-0.15, -0.1) is 0 Å². The molecule has 2 aromatic carbocycles. The minimum atomic E-state index is -0.242. The van der Waals surface area contributed by atoms with Crippen LogP contribution in [0.2, 0.25) is 5.02 Å². The van der Waals surface area contributed by atoms with Crippen LogP contribution in [0.15, 0.2) is 60.8 Å². The van der Waals surface area contributed by atoms with Crippen molar-refractivity contribution in [1.82, 2.24) is 14.7 Å². The zero-order valence-corrected chi connectivity index (χ0v) is 16.6. The van der Waals surface area contributed by atoms with Crippen LogP contribution in [0.25, 0.3) is 5.69 Å². The Hall–Kier alpha value is -3.34. The van der Waals surface area contributed by atoms with Crippen molar-refractivity contribution in [2.75, 3.05) is 32.1 Å². The number of anilines is 1. The second-order valence-electron chi connectivity index (χ2n) is 6.35. The van der Waals surface area contributed by atoms with Crippen molar-refractivity contribution in [3.05, 3.63) is 71.4 Å². The van der Waals surface area contributed by atoms with Crippen molar-refractivity contribution in [2.24, 2.45) is 0 Å². The average Bonchev–Trinajstić information content (AvgIpc) is 3.12. The Bertz CT molecular complexity index is 996. The number of carbonyl (C=O) groups excluding carboxylic acids is 1. The lowest BCUT2D eigenvalue weighted by molar-refractivity contribution is -0.117. The molecule has 148 valence electrons. The molecular formula is C21H20ClN5O2. The molecule has 1 N–H and O–H groups in total. The molecule has 29 heavy (non-hydrogen) atoms. The number of carbonyl (C=O) groups is 1. The van der Waals surface area contributed by atoms with E-state index >= 15 is 0 Å². The molecule has 1 aromatic heterocycles. The van der Waals surface area contributed by atoms with Crippen LogP contribution >= 0.6 is 11.6 Å². The van der Waals surface area contributed by atoms with E-state index in [-0.39, 0.29) is 12.5 Å². The molecule has 3 aromatic rings. The number of nitriles is 1. The average molecular weight is 410 g/mol. The summed E-state index contributed by atoms with van der Waals surface area (Å²) in [5.74, 6) is 0.834. The summed E-state index contributed by atoms with van der Waals surface area (Å²) in [6.45, 7) is 1.13. The Morgan fingerprint density at radius 3 is 2.66 bits per heavy atom. The normalized spacial score (nSPS) is 10.6. The summed E-state index contributed by atoms with van der Waals surface area (Å²) >= 11 is 5.85. The molecule has 0 aliphatic carbocycles. The Labute approximate surface area is 174 Å².